The van der Waals surface area contributed by atoms with E-state index in [9.17, 15) is 4.79 Å². The van der Waals surface area contributed by atoms with E-state index in [1.165, 1.54) is 11.8 Å². The molecule has 2 saturated heterocycles. The maximum Gasteiger partial charge on any atom is 0.266 e. The number of benzene rings is 2. The molecule has 1 unspecified atom stereocenters. The number of hydrogen-bond acceptors (Lipinski definition) is 5. The van der Waals surface area contributed by atoms with Crippen molar-refractivity contribution in [3.63, 3.8) is 0 Å². The number of amides is 1. The van der Waals surface area contributed by atoms with Gasteiger partial charge in [-0.2, -0.15) is 0 Å². The van der Waals surface area contributed by atoms with Crippen LogP contribution in [0.15, 0.2) is 65.7 Å². The maximum absolute atomic E-state index is 13.0. The van der Waals surface area contributed by atoms with Crippen LogP contribution in [0, 0.1) is 0 Å². The molecule has 164 valence electrons. The lowest BCUT2D eigenvalue weighted by atomic mass is 10.1. The molecule has 1 atom stereocenters. The largest absolute Gasteiger partial charge is 0.492 e. The quantitative estimate of drug-likeness (QED) is 0.360. The first-order valence-corrected chi connectivity index (χ1v) is 12.0. The van der Waals surface area contributed by atoms with Crippen LogP contribution in [0.5, 0.6) is 5.75 Å². The molecule has 3 heterocycles. The molecule has 2 fully saturated rings. The summed E-state index contributed by atoms with van der Waals surface area (Å²) >= 11 is 6.87. The first-order chi connectivity index (χ1) is 15.7. The zero-order valence-electron chi connectivity index (χ0n) is 17.6. The van der Waals surface area contributed by atoms with E-state index in [2.05, 4.69) is 22.9 Å². The average Bonchev–Trinajstić information content (AvgIpc) is 3.51. The zero-order valence-corrected chi connectivity index (χ0v) is 19.2. The Labute approximate surface area is 197 Å². The van der Waals surface area contributed by atoms with E-state index in [1.54, 1.807) is 4.90 Å². The van der Waals surface area contributed by atoms with Crippen LogP contribution in [0.25, 0.3) is 17.0 Å². The van der Waals surface area contributed by atoms with Crippen molar-refractivity contribution in [3.8, 4) is 5.75 Å². The number of rotatable bonds is 7. The SMILES string of the molecule is O=C1C(=Cc2cn(CCOc3ccccc3)c3ccccc23)SC(=S)N1CC1CCCO1. The van der Waals surface area contributed by atoms with Crippen LogP contribution < -0.4 is 4.74 Å². The van der Waals surface area contributed by atoms with E-state index in [0.29, 0.717) is 28.9 Å². The number of para-hydroxylation sites is 2. The van der Waals surface area contributed by atoms with Gasteiger partial charge in [0.25, 0.3) is 5.91 Å². The third-order valence-corrected chi connectivity index (χ3v) is 7.11. The maximum atomic E-state index is 13.0. The van der Waals surface area contributed by atoms with Gasteiger partial charge < -0.3 is 14.0 Å². The molecule has 1 aromatic heterocycles. The molecular formula is C25H24N2O3S2. The molecule has 5 rings (SSSR count). The molecule has 2 aromatic carbocycles. The monoisotopic (exact) mass is 464 g/mol. The second kappa shape index (κ2) is 9.48. The van der Waals surface area contributed by atoms with Crippen LogP contribution >= 0.6 is 24.0 Å². The van der Waals surface area contributed by atoms with Gasteiger partial charge in [-0.05, 0) is 37.1 Å². The van der Waals surface area contributed by atoms with Gasteiger partial charge in [0.1, 0.15) is 16.7 Å². The molecule has 0 bridgehead atoms. The summed E-state index contributed by atoms with van der Waals surface area (Å²) in [5.41, 5.74) is 2.13. The molecule has 5 nitrogen and oxygen atoms in total. The summed E-state index contributed by atoms with van der Waals surface area (Å²) < 4.78 is 14.4. The van der Waals surface area contributed by atoms with E-state index >= 15 is 0 Å². The van der Waals surface area contributed by atoms with E-state index in [-0.39, 0.29) is 12.0 Å². The van der Waals surface area contributed by atoms with Gasteiger partial charge in [0.15, 0.2) is 0 Å². The minimum atomic E-state index is -0.0280. The van der Waals surface area contributed by atoms with E-state index in [0.717, 1.165) is 41.7 Å². The Bertz CT molecular complexity index is 1170. The molecular weight excluding hydrogens is 440 g/mol. The number of hydrogen-bond donors (Lipinski definition) is 0. The minimum absolute atomic E-state index is 0.0280. The third kappa shape index (κ3) is 4.46. The summed E-state index contributed by atoms with van der Waals surface area (Å²) in [4.78, 5) is 15.4. The first-order valence-electron chi connectivity index (χ1n) is 10.8. The summed E-state index contributed by atoms with van der Waals surface area (Å²) in [5, 5.41) is 1.11. The Morgan fingerprint density at radius 2 is 1.97 bits per heavy atom. The normalized spacial score (nSPS) is 20.1. The number of thiocarbonyl (C=S) groups is 1. The zero-order chi connectivity index (χ0) is 21.9. The van der Waals surface area contributed by atoms with Gasteiger partial charge in [-0.1, -0.05) is 60.4 Å². The molecule has 0 spiro atoms. The van der Waals surface area contributed by atoms with Crippen molar-refractivity contribution in [2.45, 2.75) is 25.5 Å². The molecule has 2 aliphatic heterocycles. The number of carbonyl (C=O) groups is 1. The topological polar surface area (TPSA) is 43.7 Å². The standard InChI is InChI=1S/C25H24N2O3S2/c28-24-23(32-25(31)27(24)17-20-9-6-13-29-20)15-18-16-26(22-11-5-4-10-21(18)22)12-14-30-19-7-2-1-3-8-19/h1-5,7-8,10-11,15-16,20H,6,9,12-14,17H2. The predicted molar refractivity (Wildman–Crippen MR) is 133 cm³/mol. The Morgan fingerprint density at radius 1 is 1.16 bits per heavy atom. The van der Waals surface area contributed by atoms with Gasteiger partial charge >= 0.3 is 0 Å². The summed E-state index contributed by atoms with van der Waals surface area (Å²) in [6.07, 6.45) is 6.16. The second-order valence-corrected chi connectivity index (χ2v) is 9.56. The van der Waals surface area contributed by atoms with Gasteiger partial charge in [0, 0.05) is 29.3 Å². The number of aromatic nitrogens is 1. The van der Waals surface area contributed by atoms with Crippen molar-refractivity contribution in [3.05, 3.63) is 71.3 Å². The van der Waals surface area contributed by atoms with Crippen LogP contribution in [0.2, 0.25) is 0 Å². The number of thioether (sulfide) groups is 1. The van der Waals surface area contributed by atoms with Crippen LogP contribution in [0.1, 0.15) is 18.4 Å². The van der Waals surface area contributed by atoms with Gasteiger partial charge in [0.05, 0.1) is 24.1 Å². The van der Waals surface area contributed by atoms with Crippen LogP contribution in [-0.2, 0) is 16.1 Å². The summed E-state index contributed by atoms with van der Waals surface area (Å²) in [5.74, 6) is 0.832. The van der Waals surface area contributed by atoms with Gasteiger partial charge in [-0.15, -0.1) is 0 Å². The van der Waals surface area contributed by atoms with E-state index in [1.807, 2.05) is 48.5 Å². The van der Waals surface area contributed by atoms with Gasteiger partial charge in [-0.3, -0.25) is 9.69 Å². The predicted octanol–water partition coefficient (Wildman–Crippen LogP) is 5.10. The third-order valence-electron chi connectivity index (χ3n) is 5.73. The van der Waals surface area contributed by atoms with Crippen molar-refractivity contribution in [1.82, 2.24) is 9.47 Å². The number of ether oxygens (including phenoxy) is 2. The van der Waals surface area contributed by atoms with Crippen molar-refractivity contribution < 1.29 is 14.3 Å². The molecule has 0 N–H and O–H groups in total. The van der Waals surface area contributed by atoms with Crippen LogP contribution in [0.3, 0.4) is 0 Å². The first kappa shape index (κ1) is 21.2. The fourth-order valence-electron chi connectivity index (χ4n) is 4.14. The van der Waals surface area contributed by atoms with Crippen LogP contribution in [-0.4, -0.2) is 45.6 Å². The second-order valence-electron chi connectivity index (χ2n) is 7.88. The van der Waals surface area contributed by atoms with Crippen molar-refractivity contribution in [2.75, 3.05) is 19.8 Å². The Morgan fingerprint density at radius 3 is 2.78 bits per heavy atom. The molecule has 7 heteroatoms. The van der Waals surface area contributed by atoms with Crippen LogP contribution in [0.4, 0.5) is 0 Å². The van der Waals surface area contributed by atoms with Crippen molar-refractivity contribution >= 4 is 51.2 Å². The lowest BCUT2D eigenvalue weighted by Crippen LogP contribution is -2.35. The smallest absolute Gasteiger partial charge is 0.266 e. The Hall–Kier alpha value is -2.61. The molecule has 0 saturated carbocycles. The summed E-state index contributed by atoms with van der Waals surface area (Å²) in [6.45, 7) is 2.58. The molecule has 1 amide bonds. The average molecular weight is 465 g/mol. The fraction of sp³-hybridized carbons (Fsp3) is 0.280. The lowest BCUT2D eigenvalue weighted by Gasteiger charge is -2.18. The summed E-state index contributed by atoms with van der Waals surface area (Å²) in [6, 6.07) is 18.0. The molecule has 2 aliphatic rings. The highest BCUT2D eigenvalue weighted by Gasteiger charge is 2.34. The lowest BCUT2D eigenvalue weighted by molar-refractivity contribution is -0.123. The van der Waals surface area contributed by atoms with E-state index < -0.39 is 0 Å². The van der Waals surface area contributed by atoms with Gasteiger partial charge in [0.2, 0.25) is 0 Å². The molecule has 0 radical (unpaired) electrons. The fourth-order valence-corrected chi connectivity index (χ4v) is 5.41. The van der Waals surface area contributed by atoms with Crippen molar-refractivity contribution in [1.29, 1.82) is 0 Å². The number of fused-ring (bicyclic) bond motifs is 1. The summed E-state index contributed by atoms with van der Waals surface area (Å²) in [7, 11) is 0. The Balaban J connectivity index is 1.35. The van der Waals surface area contributed by atoms with Crippen molar-refractivity contribution in [2.24, 2.45) is 0 Å². The Kier molecular flexibility index (Phi) is 6.30. The molecule has 0 aliphatic carbocycles. The highest BCUT2D eigenvalue weighted by atomic mass is 32.2. The van der Waals surface area contributed by atoms with Gasteiger partial charge in [-0.25, -0.2) is 0 Å². The van der Waals surface area contributed by atoms with E-state index in [4.69, 9.17) is 21.7 Å². The molecule has 3 aromatic rings. The highest BCUT2D eigenvalue weighted by Crippen LogP contribution is 2.35. The number of carbonyl (C=O) groups excluding carboxylic acids is 1. The minimum Gasteiger partial charge on any atom is -0.492 e. The highest BCUT2D eigenvalue weighted by molar-refractivity contribution is 8.26. The molecule has 32 heavy (non-hydrogen) atoms. The number of nitrogens with zero attached hydrogens (tertiary/aromatic N) is 2.